The second kappa shape index (κ2) is 11.7. The average molecular weight is 600 g/mol. The number of fused-ring (bicyclic) bond motifs is 1. The molecular formula is C26H25F9N2O4. The van der Waals surface area contributed by atoms with Gasteiger partial charge in [-0.15, -0.1) is 0 Å². The van der Waals surface area contributed by atoms with Gasteiger partial charge < -0.3 is 14.8 Å². The summed E-state index contributed by atoms with van der Waals surface area (Å²) in [6.45, 7) is 4.12. The van der Waals surface area contributed by atoms with Gasteiger partial charge >= 0.3 is 30.7 Å². The van der Waals surface area contributed by atoms with Gasteiger partial charge in [0.05, 0.1) is 41.1 Å². The third-order valence-electron chi connectivity index (χ3n) is 6.10. The lowest BCUT2D eigenvalue weighted by Gasteiger charge is -2.39. The van der Waals surface area contributed by atoms with Crippen LogP contribution >= 0.6 is 0 Å². The molecule has 2 aromatic carbocycles. The first-order chi connectivity index (χ1) is 18.8. The summed E-state index contributed by atoms with van der Waals surface area (Å²) in [5, 5.41) is 2.37. The van der Waals surface area contributed by atoms with E-state index in [1.807, 2.05) is 0 Å². The summed E-state index contributed by atoms with van der Waals surface area (Å²) in [5.41, 5.74) is -4.51. The van der Waals surface area contributed by atoms with Gasteiger partial charge in [0, 0.05) is 12.5 Å². The number of carbonyl (C=O) groups is 2. The smallest absolute Gasteiger partial charge is 0.416 e. The molecule has 226 valence electrons. The molecule has 2 atom stereocenters. The number of carbonyl (C=O) groups excluding carboxylic acids is 2. The number of alkyl carbamates (subject to hydrolysis) is 1. The number of benzene rings is 2. The van der Waals surface area contributed by atoms with Crippen LogP contribution in [-0.2, 0) is 34.4 Å². The first kappa shape index (κ1) is 31.9. The van der Waals surface area contributed by atoms with E-state index in [1.54, 1.807) is 20.8 Å². The van der Waals surface area contributed by atoms with Crippen LogP contribution in [0.4, 0.5) is 54.8 Å². The topological polar surface area (TPSA) is 67.9 Å². The molecule has 6 nitrogen and oxygen atoms in total. The van der Waals surface area contributed by atoms with Crippen LogP contribution in [0.25, 0.3) is 0 Å². The maximum Gasteiger partial charge on any atom is 0.416 e. The third kappa shape index (κ3) is 7.97. The molecule has 1 aliphatic rings. The minimum atomic E-state index is -5.05. The molecule has 0 aliphatic carbocycles. The third-order valence-corrected chi connectivity index (χ3v) is 6.10. The molecule has 0 radical (unpaired) electrons. The Hall–Kier alpha value is -3.65. The molecule has 2 aromatic rings. The number of nitrogens with zero attached hydrogens (tertiary/aromatic N) is 1. The monoisotopic (exact) mass is 600 g/mol. The van der Waals surface area contributed by atoms with Gasteiger partial charge in [0.1, 0.15) is 0 Å². The Balaban J connectivity index is 1.79. The molecule has 15 heteroatoms. The summed E-state index contributed by atoms with van der Waals surface area (Å²) in [6.07, 6.45) is -17.9. The van der Waals surface area contributed by atoms with Crippen LogP contribution in [-0.4, -0.2) is 30.9 Å². The molecule has 3 rings (SSSR count). The predicted molar refractivity (Wildman–Crippen MR) is 127 cm³/mol. The molecule has 0 unspecified atom stereocenters. The number of amides is 2. The Morgan fingerprint density at radius 3 is 1.98 bits per heavy atom. The van der Waals surface area contributed by atoms with Gasteiger partial charge in [-0.05, 0) is 74.7 Å². The number of ether oxygens (including phenoxy) is 2. The lowest BCUT2D eigenvalue weighted by molar-refractivity contribution is -0.143. The maximum absolute atomic E-state index is 13.4. The van der Waals surface area contributed by atoms with E-state index < -0.39 is 84.2 Å². The van der Waals surface area contributed by atoms with Gasteiger partial charge in [-0.1, -0.05) is 0 Å². The molecule has 0 spiro atoms. The standard InChI is InChI=1S/C26H25F9N2O4/c1-13(2)41-23(39)37-14(3)8-20(19-12-16(24(27,28)29)4-5-21(19)37)36-22(38)40-7-6-15-9-17(25(30,31)32)11-18(10-15)26(33,34)35/h4-5,9-14,20H,6-8H2,1-3H3,(H,36,38)/t14-,20+/m1/s1. The van der Waals surface area contributed by atoms with Gasteiger partial charge in [-0.3, -0.25) is 4.90 Å². The fraction of sp³-hybridized carbons (Fsp3) is 0.462. The lowest BCUT2D eigenvalue weighted by Crippen LogP contribution is -2.47. The minimum Gasteiger partial charge on any atom is -0.449 e. The fourth-order valence-electron chi connectivity index (χ4n) is 4.32. The maximum atomic E-state index is 13.4. The van der Waals surface area contributed by atoms with E-state index in [-0.39, 0.29) is 23.7 Å². The number of nitrogens with one attached hydrogen (secondary N) is 1. The summed E-state index contributed by atoms with van der Waals surface area (Å²) in [7, 11) is 0. The van der Waals surface area contributed by atoms with Crippen LogP contribution in [0.1, 0.15) is 61.1 Å². The van der Waals surface area contributed by atoms with Crippen molar-refractivity contribution in [2.45, 2.75) is 70.3 Å². The number of rotatable bonds is 5. The van der Waals surface area contributed by atoms with Crippen LogP contribution in [0.15, 0.2) is 36.4 Å². The fourth-order valence-corrected chi connectivity index (χ4v) is 4.32. The summed E-state index contributed by atoms with van der Waals surface area (Å²) in [5.74, 6) is 0. The summed E-state index contributed by atoms with van der Waals surface area (Å²) in [4.78, 5) is 26.3. The zero-order chi connectivity index (χ0) is 30.9. The minimum absolute atomic E-state index is 0.0335. The van der Waals surface area contributed by atoms with E-state index in [4.69, 9.17) is 9.47 Å². The molecule has 0 saturated carbocycles. The second-order valence-corrected chi connectivity index (χ2v) is 9.66. The first-order valence-electron chi connectivity index (χ1n) is 12.2. The summed E-state index contributed by atoms with van der Waals surface area (Å²) in [6, 6.07) is 1.84. The van der Waals surface area contributed by atoms with E-state index in [0.29, 0.717) is 12.1 Å². The van der Waals surface area contributed by atoms with Crippen molar-refractivity contribution in [3.63, 3.8) is 0 Å². The van der Waals surface area contributed by atoms with E-state index >= 15 is 0 Å². The van der Waals surface area contributed by atoms with Crippen molar-refractivity contribution in [2.24, 2.45) is 0 Å². The van der Waals surface area contributed by atoms with Gasteiger partial charge in [0.2, 0.25) is 0 Å². The zero-order valence-electron chi connectivity index (χ0n) is 21.8. The van der Waals surface area contributed by atoms with Crippen molar-refractivity contribution in [1.29, 1.82) is 0 Å². The van der Waals surface area contributed by atoms with Crippen molar-refractivity contribution in [3.05, 3.63) is 64.2 Å². The Morgan fingerprint density at radius 2 is 1.46 bits per heavy atom. The number of anilines is 1. The molecule has 2 amide bonds. The summed E-state index contributed by atoms with van der Waals surface area (Å²) < 4.78 is 129. The predicted octanol–water partition coefficient (Wildman–Crippen LogP) is 7.90. The van der Waals surface area contributed by atoms with E-state index in [2.05, 4.69) is 5.32 Å². The Bertz CT molecular complexity index is 1240. The Kier molecular flexibility index (Phi) is 9.08. The quantitative estimate of drug-likeness (QED) is 0.355. The van der Waals surface area contributed by atoms with Crippen molar-refractivity contribution in [2.75, 3.05) is 11.5 Å². The van der Waals surface area contributed by atoms with Crippen LogP contribution in [0.5, 0.6) is 0 Å². The SMILES string of the molecule is CC(C)OC(=O)N1c2ccc(C(F)(F)F)cc2[C@@H](NC(=O)OCCc2cc(C(F)(F)F)cc(C(F)(F)F)c2)C[C@H]1C. The number of halogens is 9. The highest BCUT2D eigenvalue weighted by Gasteiger charge is 2.39. The van der Waals surface area contributed by atoms with Crippen molar-refractivity contribution in [3.8, 4) is 0 Å². The molecule has 0 bridgehead atoms. The lowest BCUT2D eigenvalue weighted by atomic mass is 9.90. The number of alkyl halides is 9. The van der Waals surface area contributed by atoms with Crippen LogP contribution in [0.3, 0.4) is 0 Å². The highest BCUT2D eigenvalue weighted by atomic mass is 19.4. The first-order valence-corrected chi connectivity index (χ1v) is 12.2. The molecule has 1 aliphatic heterocycles. The molecule has 0 fully saturated rings. The second-order valence-electron chi connectivity index (χ2n) is 9.66. The molecule has 1 N–H and O–H groups in total. The molecule has 0 aromatic heterocycles. The van der Waals surface area contributed by atoms with Gasteiger partial charge in [0.25, 0.3) is 0 Å². The average Bonchev–Trinajstić information content (AvgIpc) is 2.81. The Morgan fingerprint density at radius 1 is 0.902 bits per heavy atom. The van der Waals surface area contributed by atoms with Crippen LogP contribution in [0, 0.1) is 0 Å². The number of hydrogen-bond donors (Lipinski definition) is 1. The van der Waals surface area contributed by atoms with Crippen LogP contribution < -0.4 is 10.2 Å². The number of hydrogen-bond acceptors (Lipinski definition) is 4. The normalized spacial score (nSPS) is 17.7. The zero-order valence-corrected chi connectivity index (χ0v) is 21.8. The van der Waals surface area contributed by atoms with E-state index in [0.717, 1.165) is 23.1 Å². The largest absolute Gasteiger partial charge is 0.449 e. The summed E-state index contributed by atoms with van der Waals surface area (Å²) >= 11 is 0. The highest BCUT2D eigenvalue weighted by molar-refractivity contribution is 5.90. The Labute approximate surface area is 228 Å². The van der Waals surface area contributed by atoms with Crippen LogP contribution in [0.2, 0.25) is 0 Å². The van der Waals surface area contributed by atoms with Gasteiger partial charge in [0.15, 0.2) is 0 Å². The molecule has 41 heavy (non-hydrogen) atoms. The van der Waals surface area contributed by atoms with Crippen molar-refractivity contribution >= 4 is 17.9 Å². The van der Waals surface area contributed by atoms with Crippen molar-refractivity contribution < 1.29 is 58.6 Å². The van der Waals surface area contributed by atoms with Gasteiger partial charge in [-0.25, -0.2) is 9.59 Å². The molecule has 0 saturated heterocycles. The van der Waals surface area contributed by atoms with E-state index in [9.17, 15) is 49.1 Å². The van der Waals surface area contributed by atoms with E-state index in [1.165, 1.54) is 0 Å². The van der Waals surface area contributed by atoms with Crippen molar-refractivity contribution in [1.82, 2.24) is 5.32 Å². The molecular weight excluding hydrogens is 575 g/mol. The van der Waals surface area contributed by atoms with Gasteiger partial charge in [-0.2, -0.15) is 39.5 Å². The molecule has 1 heterocycles. The highest BCUT2D eigenvalue weighted by Crippen LogP contribution is 2.41.